The summed E-state index contributed by atoms with van der Waals surface area (Å²) in [6.45, 7) is 6.45. The molecule has 1 aliphatic heterocycles. The molecule has 0 radical (unpaired) electrons. The molecule has 0 unspecified atom stereocenters. The average Bonchev–Trinajstić information content (AvgIpc) is 2.92. The molecule has 102 valence electrons. The van der Waals surface area contributed by atoms with Gasteiger partial charge < -0.3 is 15.6 Å². The van der Waals surface area contributed by atoms with Crippen molar-refractivity contribution in [3.63, 3.8) is 0 Å². The Morgan fingerprint density at radius 1 is 1.26 bits per heavy atom. The number of fused-ring (bicyclic) bond motifs is 1. The molecule has 1 saturated heterocycles. The van der Waals surface area contributed by atoms with Crippen LogP contribution in [0, 0.1) is 0 Å². The fourth-order valence-electron chi connectivity index (χ4n) is 3.39. The highest BCUT2D eigenvalue weighted by molar-refractivity contribution is 5.84. The van der Waals surface area contributed by atoms with Crippen LogP contribution in [0.3, 0.4) is 0 Å². The summed E-state index contributed by atoms with van der Waals surface area (Å²) in [6.07, 6.45) is 4.51. The number of benzene rings is 1. The van der Waals surface area contributed by atoms with Crippen LogP contribution < -0.4 is 5.73 Å². The zero-order valence-electron chi connectivity index (χ0n) is 11.7. The quantitative estimate of drug-likeness (QED) is 0.887. The molecule has 19 heavy (non-hydrogen) atoms. The van der Waals surface area contributed by atoms with Gasteiger partial charge in [0.2, 0.25) is 0 Å². The van der Waals surface area contributed by atoms with E-state index in [1.165, 1.54) is 29.3 Å². The number of H-pyrrole nitrogens is 1. The maximum Gasteiger partial charge on any atom is 0.0457 e. The standard InChI is InChI=1S/C16H23N3/c1-2-19-9-7-16(12-17,8-10-19)14-11-18-15-6-4-3-5-13(14)15/h3-6,11,18H,2,7-10,12,17H2,1H3. The Labute approximate surface area is 114 Å². The lowest BCUT2D eigenvalue weighted by atomic mass is 9.72. The van der Waals surface area contributed by atoms with Crippen LogP contribution >= 0.6 is 0 Å². The first kappa shape index (κ1) is 12.7. The number of para-hydroxylation sites is 1. The smallest absolute Gasteiger partial charge is 0.0457 e. The van der Waals surface area contributed by atoms with Gasteiger partial charge in [-0.25, -0.2) is 0 Å². The van der Waals surface area contributed by atoms with Crippen molar-refractivity contribution in [1.82, 2.24) is 9.88 Å². The minimum atomic E-state index is 0.158. The average molecular weight is 257 g/mol. The molecule has 0 bridgehead atoms. The number of aromatic nitrogens is 1. The molecule has 2 heterocycles. The first-order valence-electron chi connectivity index (χ1n) is 7.28. The fraction of sp³-hybridized carbons (Fsp3) is 0.500. The van der Waals surface area contributed by atoms with Gasteiger partial charge in [0, 0.05) is 29.1 Å². The molecule has 1 aromatic heterocycles. The molecule has 2 aromatic rings. The van der Waals surface area contributed by atoms with Gasteiger partial charge in [0.25, 0.3) is 0 Å². The van der Waals surface area contributed by atoms with Crippen molar-refractivity contribution in [1.29, 1.82) is 0 Å². The molecule has 1 aromatic carbocycles. The van der Waals surface area contributed by atoms with Gasteiger partial charge in [-0.05, 0) is 44.1 Å². The Morgan fingerprint density at radius 3 is 2.68 bits per heavy atom. The van der Waals surface area contributed by atoms with E-state index in [2.05, 4.69) is 47.3 Å². The number of rotatable bonds is 3. The lowest BCUT2D eigenvalue weighted by Crippen LogP contribution is -2.46. The van der Waals surface area contributed by atoms with Crippen LogP contribution in [-0.4, -0.2) is 36.1 Å². The van der Waals surface area contributed by atoms with Crippen LogP contribution in [0.5, 0.6) is 0 Å². The molecule has 0 saturated carbocycles. The molecular formula is C16H23N3. The number of likely N-dealkylation sites (tertiary alicyclic amines) is 1. The summed E-state index contributed by atoms with van der Waals surface area (Å²) in [7, 11) is 0. The number of nitrogens with two attached hydrogens (primary N) is 1. The fourth-order valence-corrected chi connectivity index (χ4v) is 3.39. The second kappa shape index (κ2) is 4.99. The van der Waals surface area contributed by atoms with Gasteiger partial charge in [-0.3, -0.25) is 0 Å². The summed E-state index contributed by atoms with van der Waals surface area (Å²) in [5, 5.41) is 1.35. The van der Waals surface area contributed by atoms with Crippen molar-refractivity contribution >= 4 is 10.9 Å². The highest BCUT2D eigenvalue weighted by Crippen LogP contribution is 2.38. The molecule has 3 heteroatoms. The summed E-state index contributed by atoms with van der Waals surface area (Å²) < 4.78 is 0. The van der Waals surface area contributed by atoms with Crippen molar-refractivity contribution in [2.75, 3.05) is 26.2 Å². The molecule has 3 nitrogen and oxygen atoms in total. The summed E-state index contributed by atoms with van der Waals surface area (Å²) in [5.74, 6) is 0. The molecule has 1 aliphatic rings. The molecule has 0 spiro atoms. The van der Waals surface area contributed by atoms with Crippen LogP contribution in [0.15, 0.2) is 30.5 Å². The number of nitrogens with one attached hydrogen (secondary N) is 1. The predicted molar refractivity (Wildman–Crippen MR) is 80.4 cm³/mol. The van der Waals surface area contributed by atoms with Gasteiger partial charge in [-0.15, -0.1) is 0 Å². The Balaban J connectivity index is 1.98. The lowest BCUT2D eigenvalue weighted by Gasteiger charge is -2.41. The third-order valence-corrected chi connectivity index (χ3v) is 4.81. The normalized spacial score (nSPS) is 19.9. The van der Waals surface area contributed by atoms with E-state index in [1.807, 2.05) is 0 Å². The molecule has 3 N–H and O–H groups in total. The second-order valence-electron chi connectivity index (χ2n) is 5.67. The van der Waals surface area contributed by atoms with Gasteiger partial charge in [0.1, 0.15) is 0 Å². The Kier molecular flexibility index (Phi) is 3.33. The summed E-state index contributed by atoms with van der Waals surface area (Å²) in [5.41, 5.74) is 8.98. The van der Waals surface area contributed by atoms with Crippen LogP contribution in [-0.2, 0) is 5.41 Å². The number of piperidine rings is 1. The van der Waals surface area contributed by atoms with Crippen molar-refractivity contribution in [2.24, 2.45) is 5.73 Å². The van der Waals surface area contributed by atoms with E-state index in [0.717, 1.165) is 26.2 Å². The van der Waals surface area contributed by atoms with E-state index < -0.39 is 0 Å². The third kappa shape index (κ3) is 2.07. The van der Waals surface area contributed by atoms with E-state index in [-0.39, 0.29) is 5.41 Å². The number of hydrogen-bond acceptors (Lipinski definition) is 2. The zero-order valence-corrected chi connectivity index (χ0v) is 11.7. The van der Waals surface area contributed by atoms with Crippen molar-refractivity contribution in [3.8, 4) is 0 Å². The molecule has 3 rings (SSSR count). The van der Waals surface area contributed by atoms with Crippen molar-refractivity contribution in [3.05, 3.63) is 36.0 Å². The minimum Gasteiger partial charge on any atom is -0.361 e. The Morgan fingerprint density at radius 2 is 2.00 bits per heavy atom. The van der Waals surface area contributed by atoms with E-state index in [0.29, 0.717) is 0 Å². The second-order valence-corrected chi connectivity index (χ2v) is 5.67. The first-order chi connectivity index (χ1) is 9.29. The van der Waals surface area contributed by atoms with Crippen LogP contribution in [0.4, 0.5) is 0 Å². The molecule has 0 atom stereocenters. The largest absolute Gasteiger partial charge is 0.361 e. The Hall–Kier alpha value is -1.32. The molecule has 1 fully saturated rings. The van der Waals surface area contributed by atoms with Crippen molar-refractivity contribution in [2.45, 2.75) is 25.2 Å². The van der Waals surface area contributed by atoms with Gasteiger partial charge in [0.15, 0.2) is 0 Å². The summed E-state index contributed by atoms with van der Waals surface area (Å²) in [6, 6.07) is 8.55. The lowest BCUT2D eigenvalue weighted by molar-refractivity contribution is 0.170. The summed E-state index contributed by atoms with van der Waals surface area (Å²) in [4.78, 5) is 5.92. The van der Waals surface area contributed by atoms with E-state index in [1.54, 1.807) is 0 Å². The molecular weight excluding hydrogens is 234 g/mol. The Bertz CT molecular complexity index is 550. The van der Waals surface area contributed by atoms with E-state index in [4.69, 9.17) is 5.73 Å². The van der Waals surface area contributed by atoms with E-state index >= 15 is 0 Å². The van der Waals surface area contributed by atoms with Crippen LogP contribution in [0.2, 0.25) is 0 Å². The van der Waals surface area contributed by atoms with Crippen molar-refractivity contribution < 1.29 is 0 Å². The van der Waals surface area contributed by atoms with E-state index in [9.17, 15) is 0 Å². The summed E-state index contributed by atoms with van der Waals surface area (Å²) >= 11 is 0. The number of aromatic amines is 1. The first-order valence-corrected chi connectivity index (χ1v) is 7.28. The van der Waals surface area contributed by atoms with Crippen LogP contribution in [0.1, 0.15) is 25.3 Å². The van der Waals surface area contributed by atoms with Gasteiger partial charge in [-0.1, -0.05) is 25.1 Å². The predicted octanol–water partition coefficient (Wildman–Crippen LogP) is 2.48. The monoisotopic (exact) mass is 257 g/mol. The third-order valence-electron chi connectivity index (χ3n) is 4.81. The number of hydrogen-bond donors (Lipinski definition) is 2. The highest BCUT2D eigenvalue weighted by Gasteiger charge is 2.36. The molecule has 0 aliphatic carbocycles. The SMILES string of the molecule is CCN1CCC(CN)(c2c[nH]c3ccccc23)CC1. The topological polar surface area (TPSA) is 45.0 Å². The van der Waals surface area contributed by atoms with Crippen LogP contribution in [0.25, 0.3) is 10.9 Å². The van der Waals surface area contributed by atoms with Gasteiger partial charge in [-0.2, -0.15) is 0 Å². The van der Waals surface area contributed by atoms with Gasteiger partial charge in [0.05, 0.1) is 0 Å². The maximum absolute atomic E-state index is 6.17. The highest BCUT2D eigenvalue weighted by atomic mass is 15.1. The molecule has 0 amide bonds. The number of nitrogens with zero attached hydrogens (tertiary/aromatic N) is 1. The van der Waals surface area contributed by atoms with Gasteiger partial charge >= 0.3 is 0 Å². The zero-order chi connectivity index (χ0) is 13.3. The maximum atomic E-state index is 6.17. The minimum absolute atomic E-state index is 0.158.